The van der Waals surface area contributed by atoms with Crippen LogP contribution in [0.15, 0.2) is 17.1 Å². The molecule has 0 saturated carbocycles. The van der Waals surface area contributed by atoms with Gasteiger partial charge in [-0.25, -0.2) is 4.98 Å². The van der Waals surface area contributed by atoms with Crippen LogP contribution >= 0.6 is 15.9 Å². The van der Waals surface area contributed by atoms with E-state index in [4.69, 9.17) is 5.21 Å². The second-order valence-electron chi connectivity index (χ2n) is 1.04. The lowest BCUT2D eigenvalue weighted by Crippen LogP contribution is -1.84. The second kappa shape index (κ2) is 1.54. The van der Waals surface area contributed by atoms with E-state index in [2.05, 4.69) is 20.9 Å². The number of imidazole rings is 1. The molecular formula is C3H3BrN2O. The Bertz CT molecular complexity index is 145. The van der Waals surface area contributed by atoms with Gasteiger partial charge in [0.05, 0.1) is 6.20 Å². The zero-order valence-corrected chi connectivity index (χ0v) is 4.96. The molecule has 0 bridgehead atoms. The molecule has 38 valence electrons. The number of aromatic nitrogens is 2. The van der Waals surface area contributed by atoms with Gasteiger partial charge in [0.1, 0.15) is 0 Å². The van der Waals surface area contributed by atoms with E-state index in [9.17, 15) is 0 Å². The summed E-state index contributed by atoms with van der Waals surface area (Å²) in [7, 11) is 0. The second-order valence-corrected chi connectivity index (χ2v) is 1.75. The fourth-order valence-electron chi connectivity index (χ4n) is 0.279. The zero-order valence-electron chi connectivity index (χ0n) is 3.37. The Morgan fingerprint density at radius 1 is 1.86 bits per heavy atom. The van der Waals surface area contributed by atoms with E-state index in [1.165, 1.54) is 12.4 Å². The summed E-state index contributed by atoms with van der Waals surface area (Å²) in [6, 6.07) is 0. The molecule has 0 aliphatic carbocycles. The lowest BCUT2D eigenvalue weighted by molar-refractivity contribution is 0.179. The van der Waals surface area contributed by atoms with Crippen LogP contribution in [0.4, 0.5) is 0 Å². The molecule has 0 aliphatic heterocycles. The van der Waals surface area contributed by atoms with E-state index in [0.29, 0.717) is 4.73 Å². The van der Waals surface area contributed by atoms with Gasteiger partial charge in [0.2, 0.25) is 4.73 Å². The summed E-state index contributed by atoms with van der Waals surface area (Å²) in [6.45, 7) is 0. The fourth-order valence-corrected chi connectivity index (χ4v) is 0.515. The number of rotatable bonds is 0. The first kappa shape index (κ1) is 4.64. The van der Waals surface area contributed by atoms with E-state index in [-0.39, 0.29) is 0 Å². The Hall–Kier alpha value is -0.510. The average Bonchev–Trinajstić information content (AvgIpc) is 1.91. The lowest BCUT2D eigenvalue weighted by atomic mass is 11.0. The minimum Gasteiger partial charge on any atom is -0.426 e. The van der Waals surface area contributed by atoms with Crippen molar-refractivity contribution in [1.29, 1.82) is 0 Å². The summed E-state index contributed by atoms with van der Waals surface area (Å²) in [5.74, 6) is 0. The molecule has 0 saturated heterocycles. The first-order valence-corrected chi connectivity index (χ1v) is 2.48. The highest BCUT2D eigenvalue weighted by atomic mass is 79.9. The minimum atomic E-state index is 0.424. The van der Waals surface area contributed by atoms with E-state index in [0.717, 1.165) is 4.73 Å². The Labute approximate surface area is 48.7 Å². The Kier molecular flexibility index (Phi) is 1.02. The largest absolute Gasteiger partial charge is 0.426 e. The third-order valence-corrected chi connectivity index (χ3v) is 1.15. The van der Waals surface area contributed by atoms with Crippen LogP contribution in [0.1, 0.15) is 0 Å². The quantitative estimate of drug-likeness (QED) is 0.576. The molecule has 0 amide bonds. The average molecular weight is 163 g/mol. The van der Waals surface area contributed by atoms with Gasteiger partial charge in [-0.15, -0.1) is 0 Å². The van der Waals surface area contributed by atoms with Crippen molar-refractivity contribution in [2.24, 2.45) is 0 Å². The Balaban J connectivity index is 3.12. The molecule has 4 heteroatoms. The van der Waals surface area contributed by atoms with Gasteiger partial charge in [-0.2, -0.15) is 4.73 Å². The summed E-state index contributed by atoms with van der Waals surface area (Å²) in [5, 5.41) is 8.57. The lowest BCUT2D eigenvalue weighted by Gasteiger charge is -1.84. The maximum Gasteiger partial charge on any atom is 0.211 e. The van der Waals surface area contributed by atoms with Gasteiger partial charge in [-0.3, -0.25) is 0 Å². The van der Waals surface area contributed by atoms with E-state index in [1.807, 2.05) is 0 Å². The predicted octanol–water partition coefficient (Wildman–Crippen LogP) is 0.883. The number of nitrogens with zero attached hydrogens (tertiary/aromatic N) is 2. The van der Waals surface area contributed by atoms with Crippen molar-refractivity contribution in [3.05, 3.63) is 17.1 Å². The van der Waals surface area contributed by atoms with Crippen molar-refractivity contribution < 1.29 is 5.21 Å². The fraction of sp³-hybridized carbons (Fsp3) is 0. The first-order chi connectivity index (χ1) is 3.30. The summed E-state index contributed by atoms with van der Waals surface area (Å²) in [6.07, 6.45) is 2.92. The van der Waals surface area contributed by atoms with Gasteiger partial charge >= 0.3 is 0 Å². The zero-order chi connectivity index (χ0) is 5.28. The van der Waals surface area contributed by atoms with Gasteiger partial charge in [0.15, 0.2) is 0 Å². The van der Waals surface area contributed by atoms with Crippen LogP contribution in [0.5, 0.6) is 0 Å². The van der Waals surface area contributed by atoms with Gasteiger partial charge in [0, 0.05) is 6.20 Å². The third kappa shape index (κ3) is 0.742. The standard InChI is InChI=1S/C3H3BrN2O/c4-3-5-1-2-6(3)7/h1-2,7H. The number of hydrogen-bond donors (Lipinski definition) is 1. The predicted molar refractivity (Wildman–Crippen MR) is 27.1 cm³/mol. The molecule has 0 atom stereocenters. The van der Waals surface area contributed by atoms with Crippen LogP contribution in [0.2, 0.25) is 0 Å². The van der Waals surface area contributed by atoms with Crippen molar-refractivity contribution in [2.45, 2.75) is 0 Å². The Morgan fingerprint density at radius 2 is 2.57 bits per heavy atom. The molecule has 1 aromatic heterocycles. The molecule has 0 radical (unpaired) electrons. The normalized spacial score (nSPS) is 9.29. The van der Waals surface area contributed by atoms with E-state index >= 15 is 0 Å². The highest BCUT2D eigenvalue weighted by Gasteiger charge is 1.89. The van der Waals surface area contributed by atoms with Crippen LogP contribution in [-0.2, 0) is 0 Å². The van der Waals surface area contributed by atoms with Crippen molar-refractivity contribution in [1.82, 2.24) is 9.71 Å². The van der Waals surface area contributed by atoms with Crippen LogP contribution in [-0.4, -0.2) is 14.9 Å². The number of halogens is 1. The topological polar surface area (TPSA) is 38.0 Å². The van der Waals surface area contributed by atoms with Crippen molar-refractivity contribution in [3.8, 4) is 0 Å². The van der Waals surface area contributed by atoms with Crippen LogP contribution in [0.25, 0.3) is 0 Å². The van der Waals surface area contributed by atoms with Gasteiger partial charge in [-0.1, -0.05) is 0 Å². The molecule has 0 spiro atoms. The van der Waals surface area contributed by atoms with Crippen LogP contribution in [0.3, 0.4) is 0 Å². The summed E-state index contributed by atoms with van der Waals surface area (Å²) in [5.41, 5.74) is 0. The minimum absolute atomic E-state index is 0.424. The molecule has 1 heterocycles. The van der Waals surface area contributed by atoms with E-state index in [1.54, 1.807) is 0 Å². The van der Waals surface area contributed by atoms with Crippen LogP contribution < -0.4 is 0 Å². The maximum absolute atomic E-state index is 8.57. The van der Waals surface area contributed by atoms with Gasteiger partial charge in [0.25, 0.3) is 0 Å². The molecule has 0 unspecified atom stereocenters. The summed E-state index contributed by atoms with van der Waals surface area (Å²) < 4.78 is 1.31. The molecule has 1 N–H and O–H groups in total. The molecule has 0 aliphatic rings. The summed E-state index contributed by atoms with van der Waals surface area (Å²) >= 11 is 2.97. The maximum atomic E-state index is 8.57. The molecule has 1 aromatic rings. The highest BCUT2D eigenvalue weighted by Crippen LogP contribution is 2.00. The summed E-state index contributed by atoms with van der Waals surface area (Å²) in [4.78, 5) is 3.65. The van der Waals surface area contributed by atoms with Crippen molar-refractivity contribution >= 4 is 15.9 Å². The first-order valence-electron chi connectivity index (χ1n) is 1.69. The Morgan fingerprint density at radius 3 is 2.71 bits per heavy atom. The van der Waals surface area contributed by atoms with Crippen molar-refractivity contribution in [3.63, 3.8) is 0 Å². The SMILES string of the molecule is On1ccnc1Br. The molecular weight excluding hydrogens is 160 g/mol. The molecule has 7 heavy (non-hydrogen) atoms. The van der Waals surface area contributed by atoms with Gasteiger partial charge in [-0.05, 0) is 15.9 Å². The molecule has 3 nitrogen and oxygen atoms in total. The van der Waals surface area contributed by atoms with Crippen LogP contribution in [0, 0.1) is 0 Å². The smallest absolute Gasteiger partial charge is 0.211 e. The van der Waals surface area contributed by atoms with Crippen molar-refractivity contribution in [2.75, 3.05) is 0 Å². The highest BCUT2D eigenvalue weighted by molar-refractivity contribution is 9.10. The third-order valence-electron chi connectivity index (χ3n) is 0.578. The molecule has 0 fully saturated rings. The molecule has 1 rings (SSSR count). The molecule has 0 aromatic carbocycles. The monoisotopic (exact) mass is 162 g/mol. The number of hydrogen-bond acceptors (Lipinski definition) is 2. The van der Waals surface area contributed by atoms with E-state index < -0.39 is 0 Å². The van der Waals surface area contributed by atoms with Gasteiger partial charge < -0.3 is 5.21 Å².